The first-order valence-corrected chi connectivity index (χ1v) is 5.56. The van der Waals surface area contributed by atoms with Crippen LogP contribution in [0.25, 0.3) is 11.4 Å². The molecule has 0 saturated heterocycles. The molecule has 0 aliphatic carbocycles. The lowest BCUT2D eigenvalue weighted by molar-refractivity contribution is 1.12. The van der Waals surface area contributed by atoms with Gasteiger partial charge in [0, 0.05) is 27.1 Å². The van der Waals surface area contributed by atoms with E-state index in [9.17, 15) is 0 Å². The van der Waals surface area contributed by atoms with Crippen molar-refractivity contribution in [3.63, 3.8) is 0 Å². The fraction of sp³-hybridized carbons (Fsp3) is 0.273. The van der Waals surface area contributed by atoms with Crippen molar-refractivity contribution < 1.29 is 0 Å². The molecule has 2 aromatic rings. The maximum atomic E-state index is 5.71. The summed E-state index contributed by atoms with van der Waals surface area (Å²) < 4.78 is 0. The van der Waals surface area contributed by atoms with Crippen molar-refractivity contribution >= 4 is 17.2 Å². The van der Waals surface area contributed by atoms with E-state index in [-0.39, 0.29) is 0 Å². The first-order chi connectivity index (χ1) is 7.06. The fourth-order valence-corrected chi connectivity index (χ4v) is 2.49. The van der Waals surface area contributed by atoms with E-state index in [2.05, 4.69) is 29.9 Å². The van der Waals surface area contributed by atoms with Crippen molar-refractivity contribution in [1.29, 1.82) is 0 Å². The number of nitrogens with zero attached hydrogens (tertiary/aromatic N) is 2. The van der Waals surface area contributed by atoms with E-state index in [0.29, 0.717) is 5.82 Å². The number of hydrogen-bond donors (Lipinski definition) is 1. The number of aromatic nitrogens is 2. The van der Waals surface area contributed by atoms with Crippen LogP contribution in [0.5, 0.6) is 0 Å². The lowest BCUT2D eigenvalue weighted by atomic mass is 10.2. The van der Waals surface area contributed by atoms with Crippen molar-refractivity contribution in [1.82, 2.24) is 9.97 Å². The molecule has 0 spiro atoms. The average Bonchev–Trinajstić information content (AvgIpc) is 2.43. The van der Waals surface area contributed by atoms with Crippen LogP contribution in [0.4, 0.5) is 5.82 Å². The molecule has 0 amide bonds. The lowest BCUT2D eigenvalue weighted by Gasteiger charge is -2.01. The van der Waals surface area contributed by atoms with E-state index in [1.54, 1.807) is 17.4 Å². The summed E-state index contributed by atoms with van der Waals surface area (Å²) in [5.74, 6) is 1.26. The van der Waals surface area contributed by atoms with Gasteiger partial charge in [0.05, 0.1) is 0 Å². The number of rotatable bonds is 1. The normalized spacial score (nSPS) is 10.6. The van der Waals surface area contributed by atoms with Crippen molar-refractivity contribution in [2.75, 3.05) is 5.73 Å². The second-order valence-electron chi connectivity index (χ2n) is 3.58. The van der Waals surface area contributed by atoms with Crippen molar-refractivity contribution in [2.24, 2.45) is 0 Å². The van der Waals surface area contributed by atoms with Gasteiger partial charge in [-0.15, -0.1) is 11.3 Å². The average molecular weight is 219 g/mol. The zero-order valence-corrected chi connectivity index (χ0v) is 9.85. The van der Waals surface area contributed by atoms with E-state index in [0.717, 1.165) is 17.1 Å². The molecule has 2 heterocycles. The second kappa shape index (κ2) is 3.62. The Morgan fingerprint density at radius 2 is 1.87 bits per heavy atom. The van der Waals surface area contributed by atoms with Crippen LogP contribution in [0.1, 0.15) is 15.4 Å². The maximum Gasteiger partial charge on any atom is 0.162 e. The molecule has 3 nitrogen and oxygen atoms in total. The molecule has 2 aromatic heterocycles. The van der Waals surface area contributed by atoms with Crippen LogP contribution in [0.15, 0.2) is 12.1 Å². The Balaban J connectivity index is 2.58. The Labute approximate surface area is 93.0 Å². The predicted octanol–water partition coefficient (Wildman–Crippen LogP) is 2.71. The molecular weight excluding hydrogens is 206 g/mol. The molecule has 0 bridgehead atoms. The van der Waals surface area contributed by atoms with Gasteiger partial charge in [-0.2, -0.15) is 0 Å². The highest BCUT2D eigenvalue weighted by Gasteiger charge is 2.09. The predicted molar refractivity (Wildman–Crippen MR) is 64.0 cm³/mol. The summed E-state index contributed by atoms with van der Waals surface area (Å²) >= 11 is 1.75. The third kappa shape index (κ3) is 1.99. The molecule has 0 atom stereocenters. The second-order valence-corrected chi connectivity index (χ2v) is 5.05. The Bertz CT molecular complexity index is 482. The largest absolute Gasteiger partial charge is 0.384 e. The highest BCUT2D eigenvalue weighted by molar-refractivity contribution is 7.12. The minimum absolute atomic E-state index is 0.528. The number of anilines is 1. The quantitative estimate of drug-likeness (QED) is 0.802. The molecule has 0 radical (unpaired) electrons. The molecule has 2 N–H and O–H groups in total. The van der Waals surface area contributed by atoms with Gasteiger partial charge in [-0.1, -0.05) is 0 Å². The minimum Gasteiger partial charge on any atom is -0.384 e. The van der Waals surface area contributed by atoms with E-state index in [4.69, 9.17) is 5.73 Å². The fourth-order valence-electron chi connectivity index (χ4n) is 1.57. The zero-order valence-electron chi connectivity index (χ0n) is 9.03. The standard InChI is InChI=1S/C11H13N3S/c1-6-4-10(12)14-11(13-6)9-5-7(2)15-8(9)3/h4-5H,1-3H3,(H2,12,13,14). The van der Waals surface area contributed by atoms with Crippen molar-refractivity contribution in [3.8, 4) is 11.4 Å². The number of hydrogen-bond acceptors (Lipinski definition) is 4. The zero-order chi connectivity index (χ0) is 11.0. The molecule has 0 saturated carbocycles. The summed E-state index contributed by atoms with van der Waals surface area (Å²) in [6.07, 6.45) is 0. The van der Waals surface area contributed by atoms with Gasteiger partial charge >= 0.3 is 0 Å². The van der Waals surface area contributed by atoms with Gasteiger partial charge in [-0.3, -0.25) is 0 Å². The molecule has 4 heteroatoms. The molecule has 0 unspecified atom stereocenters. The topological polar surface area (TPSA) is 51.8 Å². The molecule has 0 aromatic carbocycles. The number of nitrogen functional groups attached to an aromatic ring is 1. The monoisotopic (exact) mass is 219 g/mol. The van der Waals surface area contributed by atoms with E-state index in [1.165, 1.54) is 9.75 Å². The Kier molecular flexibility index (Phi) is 2.44. The van der Waals surface area contributed by atoms with Crippen LogP contribution in [0, 0.1) is 20.8 Å². The van der Waals surface area contributed by atoms with E-state index in [1.807, 2.05) is 6.92 Å². The van der Waals surface area contributed by atoms with Gasteiger partial charge in [0.1, 0.15) is 5.82 Å². The SMILES string of the molecule is Cc1cc(N)nc(-c2cc(C)sc2C)n1. The van der Waals surface area contributed by atoms with Crippen LogP contribution in [-0.4, -0.2) is 9.97 Å². The van der Waals surface area contributed by atoms with Crippen LogP contribution in [0.2, 0.25) is 0 Å². The Hall–Kier alpha value is -1.42. The summed E-state index contributed by atoms with van der Waals surface area (Å²) in [5.41, 5.74) is 7.70. The van der Waals surface area contributed by atoms with Gasteiger partial charge in [0.15, 0.2) is 5.82 Å². The summed E-state index contributed by atoms with van der Waals surface area (Å²) in [6.45, 7) is 6.09. The molecule has 0 fully saturated rings. The smallest absolute Gasteiger partial charge is 0.162 e. The highest BCUT2D eigenvalue weighted by atomic mass is 32.1. The first kappa shape index (κ1) is 10.1. The van der Waals surface area contributed by atoms with Gasteiger partial charge in [0.2, 0.25) is 0 Å². The van der Waals surface area contributed by atoms with Gasteiger partial charge in [-0.05, 0) is 26.8 Å². The van der Waals surface area contributed by atoms with Crippen molar-refractivity contribution in [3.05, 3.63) is 27.6 Å². The van der Waals surface area contributed by atoms with Crippen LogP contribution >= 0.6 is 11.3 Å². The Morgan fingerprint density at radius 3 is 2.40 bits per heavy atom. The summed E-state index contributed by atoms with van der Waals surface area (Å²) in [6, 6.07) is 3.88. The third-order valence-electron chi connectivity index (χ3n) is 2.16. The van der Waals surface area contributed by atoms with Crippen LogP contribution in [-0.2, 0) is 0 Å². The van der Waals surface area contributed by atoms with Gasteiger partial charge in [-0.25, -0.2) is 9.97 Å². The summed E-state index contributed by atoms with van der Waals surface area (Å²) in [5, 5.41) is 0. The lowest BCUT2D eigenvalue weighted by Crippen LogP contribution is -1.97. The van der Waals surface area contributed by atoms with E-state index < -0.39 is 0 Å². The number of aryl methyl sites for hydroxylation is 3. The Morgan fingerprint density at radius 1 is 1.13 bits per heavy atom. The number of nitrogens with two attached hydrogens (primary N) is 1. The molecular formula is C11H13N3S. The highest BCUT2D eigenvalue weighted by Crippen LogP contribution is 2.28. The summed E-state index contributed by atoms with van der Waals surface area (Å²) in [7, 11) is 0. The van der Waals surface area contributed by atoms with Gasteiger partial charge in [0.25, 0.3) is 0 Å². The molecule has 0 aliphatic rings. The van der Waals surface area contributed by atoms with Crippen LogP contribution < -0.4 is 5.73 Å². The van der Waals surface area contributed by atoms with E-state index >= 15 is 0 Å². The van der Waals surface area contributed by atoms with Gasteiger partial charge < -0.3 is 5.73 Å². The molecule has 2 rings (SSSR count). The first-order valence-electron chi connectivity index (χ1n) is 4.75. The molecule has 0 aliphatic heterocycles. The summed E-state index contributed by atoms with van der Waals surface area (Å²) in [4.78, 5) is 11.1. The maximum absolute atomic E-state index is 5.71. The van der Waals surface area contributed by atoms with Crippen molar-refractivity contribution in [2.45, 2.75) is 20.8 Å². The third-order valence-corrected chi connectivity index (χ3v) is 3.12. The molecule has 78 valence electrons. The van der Waals surface area contributed by atoms with Crippen LogP contribution in [0.3, 0.4) is 0 Å². The molecule has 15 heavy (non-hydrogen) atoms. The number of thiophene rings is 1. The minimum atomic E-state index is 0.528.